The lowest BCUT2D eigenvalue weighted by atomic mass is 9.99. The number of benzene rings is 2. The van der Waals surface area contributed by atoms with E-state index in [-0.39, 0.29) is 6.23 Å². The average Bonchev–Trinajstić information content (AvgIpc) is 3.35. The van der Waals surface area contributed by atoms with Gasteiger partial charge >= 0.3 is 0 Å². The smallest absolute Gasteiger partial charge is 0.150 e. The Balaban J connectivity index is 1.33. The molecule has 28 heavy (non-hydrogen) atoms. The van der Waals surface area contributed by atoms with Crippen molar-refractivity contribution in [3.8, 4) is 5.75 Å². The maximum Gasteiger partial charge on any atom is 0.150 e. The number of hydrogen-bond acceptors (Lipinski definition) is 2. The zero-order valence-electron chi connectivity index (χ0n) is 15.7. The standard InChI is InChI=1S/C23H22ClN3O/c1-15(28-23-4-2-3-21-19(23)7-10-25-21)27-11-8-16(9-12-27)20-14-26-22-13-17(24)5-6-18(20)22/h2-8,10,13-15,25-26H,9,11-12H2,1H3. The lowest BCUT2D eigenvalue weighted by Crippen LogP contribution is -2.40. The van der Waals surface area contributed by atoms with Gasteiger partial charge in [0.05, 0.1) is 0 Å². The van der Waals surface area contributed by atoms with Gasteiger partial charge in [0.15, 0.2) is 0 Å². The third-order valence-electron chi connectivity index (χ3n) is 5.60. The molecule has 1 atom stereocenters. The number of nitrogens with zero attached hydrogens (tertiary/aromatic N) is 1. The van der Waals surface area contributed by atoms with Crippen molar-refractivity contribution in [3.05, 3.63) is 71.5 Å². The summed E-state index contributed by atoms with van der Waals surface area (Å²) in [6.07, 6.45) is 7.37. The molecule has 5 rings (SSSR count). The summed E-state index contributed by atoms with van der Waals surface area (Å²) in [5.41, 5.74) is 4.84. The maximum absolute atomic E-state index is 6.29. The molecule has 1 aliphatic heterocycles. The van der Waals surface area contributed by atoms with Crippen molar-refractivity contribution in [1.82, 2.24) is 14.9 Å². The molecule has 4 aromatic rings. The highest BCUT2D eigenvalue weighted by molar-refractivity contribution is 6.31. The first kappa shape index (κ1) is 17.4. The minimum Gasteiger partial charge on any atom is -0.475 e. The van der Waals surface area contributed by atoms with Crippen LogP contribution in [-0.4, -0.2) is 34.2 Å². The van der Waals surface area contributed by atoms with Crippen LogP contribution in [0, 0.1) is 0 Å². The third-order valence-corrected chi connectivity index (χ3v) is 5.83. The highest BCUT2D eigenvalue weighted by Crippen LogP contribution is 2.32. The molecule has 0 amide bonds. The summed E-state index contributed by atoms with van der Waals surface area (Å²) in [6.45, 7) is 3.97. The van der Waals surface area contributed by atoms with Crippen LogP contribution in [-0.2, 0) is 0 Å². The number of nitrogens with one attached hydrogen (secondary N) is 2. The van der Waals surface area contributed by atoms with Gasteiger partial charge in [-0.05, 0) is 49.2 Å². The Morgan fingerprint density at radius 2 is 2.00 bits per heavy atom. The van der Waals surface area contributed by atoms with Crippen molar-refractivity contribution in [2.24, 2.45) is 0 Å². The number of aromatic amines is 2. The van der Waals surface area contributed by atoms with Gasteiger partial charge in [0, 0.05) is 57.9 Å². The topological polar surface area (TPSA) is 44.0 Å². The average molecular weight is 392 g/mol. The van der Waals surface area contributed by atoms with Crippen molar-refractivity contribution in [2.45, 2.75) is 19.6 Å². The van der Waals surface area contributed by atoms with Gasteiger partial charge < -0.3 is 14.7 Å². The van der Waals surface area contributed by atoms with Gasteiger partial charge in [-0.1, -0.05) is 29.8 Å². The molecule has 0 spiro atoms. The molecule has 0 saturated heterocycles. The molecule has 1 unspecified atom stereocenters. The van der Waals surface area contributed by atoms with Gasteiger partial charge in [-0.3, -0.25) is 4.90 Å². The summed E-state index contributed by atoms with van der Waals surface area (Å²) in [5, 5.41) is 3.11. The van der Waals surface area contributed by atoms with E-state index in [2.05, 4.69) is 52.3 Å². The number of aromatic nitrogens is 2. The van der Waals surface area contributed by atoms with Gasteiger partial charge in [0.2, 0.25) is 0 Å². The summed E-state index contributed by atoms with van der Waals surface area (Å²) in [5.74, 6) is 0.925. The molecule has 142 valence electrons. The molecule has 0 bridgehead atoms. The molecule has 2 aromatic heterocycles. The number of fused-ring (bicyclic) bond motifs is 2. The molecular formula is C23H22ClN3O. The van der Waals surface area contributed by atoms with E-state index in [1.165, 1.54) is 16.5 Å². The summed E-state index contributed by atoms with van der Waals surface area (Å²) in [6, 6.07) is 14.2. The van der Waals surface area contributed by atoms with Crippen molar-refractivity contribution >= 4 is 39.0 Å². The molecule has 0 radical (unpaired) electrons. The predicted molar refractivity (Wildman–Crippen MR) is 116 cm³/mol. The second-order valence-electron chi connectivity index (χ2n) is 7.28. The van der Waals surface area contributed by atoms with Crippen molar-refractivity contribution in [1.29, 1.82) is 0 Å². The first-order chi connectivity index (χ1) is 13.7. The van der Waals surface area contributed by atoms with E-state index in [1.54, 1.807) is 0 Å². The van der Waals surface area contributed by atoms with Crippen molar-refractivity contribution in [3.63, 3.8) is 0 Å². The monoisotopic (exact) mass is 391 g/mol. The Bertz CT molecular complexity index is 1170. The molecule has 5 heteroatoms. The van der Waals surface area contributed by atoms with Gasteiger partial charge in [-0.15, -0.1) is 0 Å². The van der Waals surface area contributed by atoms with E-state index in [0.717, 1.165) is 46.7 Å². The molecule has 0 fully saturated rings. The number of hydrogen-bond donors (Lipinski definition) is 2. The van der Waals surface area contributed by atoms with E-state index in [0.29, 0.717) is 0 Å². The minimum absolute atomic E-state index is 0.0140. The Morgan fingerprint density at radius 3 is 2.86 bits per heavy atom. The van der Waals surface area contributed by atoms with Crippen LogP contribution in [0.5, 0.6) is 5.75 Å². The van der Waals surface area contributed by atoms with Crippen LogP contribution in [0.1, 0.15) is 18.9 Å². The summed E-state index contributed by atoms with van der Waals surface area (Å²) < 4.78 is 6.29. The van der Waals surface area contributed by atoms with Crippen molar-refractivity contribution < 1.29 is 4.74 Å². The number of halogens is 1. The second kappa shape index (κ2) is 7.04. The van der Waals surface area contributed by atoms with E-state index < -0.39 is 0 Å². The van der Waals surface area contributed by atoms with Crippen LogP contribution in [0.25, 0.3) is 27.4 Å². The molecule has 3 heterocycles. The quantitative estimate of drug-likeness (QED) is 0.460. The number of H-pyrrole nitrogens is 2. The Hall–Kier alpha value is -2.69. The van der Waals surface area contributed by atoms with Gasteiger partial charge in [-0.25, -0.2) is 0 Å². The lowest BCUT2D eigenvalue weighted by molar-refractivity contribution is 0.0495. The van der Waals surface area contributed by atoms with Crippen LogP contribution >= 0.6 is 11.6 Å². The molecule has 0 aliphatic carbocycles. The van der Waals surface area contributed by atoms with Crippen LogP contribution in [0.15, 0.2) is 60.9 Å². The van der Waals surface area contributed by atoms with Crippen LogP contribution in [0.3, 0.4) is 0 Å². The molecule has 4 nitrogen and oxygen atoms in total. The first-order valence-electron chi connectivity index (χ1n) is 9.62. The molecule has 1 aliphatic rings. The summed E-state index contributed by atoms with van der Waals surface area (Å²) in [4.78, 5) is 8.94. The Kier molecular flexibility index (Phi) is 4.38. The van der Waals surface area contributed by atoms with Crippen LogP contribution in [0.4, 0.5) is 0 Å². The predicted octanol–water partition coefficient (Wildman–Crippen LogP) is 5.82. The summed E-state index contributed by atoms with van der Waals surface area (Å²) >= 11 is 6.11. The normalized spacial score (nSPS) is 16.4. The van der Waals surface area contributed by atoms with E-state index >= 15 is 0 Å². The van der Waals surface area contributed by atoms with Crippen LogP contribution in [0.2, 0.25) is 5.02 Å². The third kappa shape index (κ3) is 3.09. The van der Waals surface area contributed by atoms with E-state index in [1.807, 2.05) is 30.5 Å². The van der Waals surface area contributed by atoms with Gasteiger partial charge in [0.1, 0.15) is 12.0 Å². The Morgan fingerprint density at radius 1 is 1.07 bits per heavy atom. The molecule has 0 saturated carbocycles. The molecule has 2 aromatic carbocycles. The number of rotatable bonds is 4. The van der Waals surface area contributed by atoms with Crippen LogP contribution < -0.4 is 4.74 Å². The van der Waals surface area contributed by atoms with Gasteiger partial charge in [-0.2, -0.15) is 0 Å². The second-order valence-corrected chi connectivity index (χ2v) is 7.72. The largest absolute Gasteiger partial charge is 0.475 e. The highest BCUT2D eigenvalue weighted by atomic mass is 35.5. The summed E-state index contributed by atoms with van der Waals surface area (Å²) in [7, 11) is 0. The zero-order valence-corrected chi connectivity index (χ0v) is 16.5. The SMILES string of the molecule is CC(Oc1cccc2[nH]ccc12)N1CC=C(c2c[nH]c3cc(Cl)ccc23)CC1. The first-order valence-corrected chi connectivity index (χ1v) is 10.00. The van der Waals surface area contributed by atoms with E-state index in [9.17, 15) is 0 Å². The fourth-order valence-electron chi connectivity index (χ4n) is 4.04. The fourth-order valence-corrected chi connectivity index (χ4v) is 4.21. The van der Waals surface area contributed by atoms with E-state index in [4.69, 9.17) is 16.3 Å². The lowest BCUT2D eigenvalue weighted by Gasteiger charge is -2.32. The minimum atomic E-state index is 0.0140. The maximum atomic E-state index is 6.29. The van der Waals surface area contributed by atoms with Crippen molar-refractivity contribution in [2.75, 3.05) is 13.1 Å². The number of ether oxygens (including phenoxy) is 1. The molecule has 2 N–H and O–H groups in total. The highest BCUT2D eigenvalue weighted by Gasteiger charge is 2.21. The fraction of sp³-hybridized carbons (Fsp3) is 0.217. The zero-order chi connectivity index (χ0) is 19.1. The Labute approximate surface area is 168 Å². The van der Waals surface area contributed by atoms with Gasteiger partial charge in [0.25, 0.3) is 0 Å². The molecular weight excluding hydrogens is 370 g/mol.